The van der Waals surface area contributed by atoms with Gasteiger partial charge in [-0.2, -0.15) is 15.1 Å². The number of aromatic nitrogens is 4. The van der Waals surface area contributed by atoms with Crippen molar-refractivity contribution in [2.75, 3.05) is 58.1 Å². The molecule has 2 atom stereocenters. The lowest BCUT2D eigenvalue weighted by molar-refractivity contribution is -0.0880. The molecular formula is C28H37FN6O3. The molecule has 0 aliphatic carbocycles. The number of nitrogens with zero attached hydrogens (tertiary/aromatic N) is 6. The van der Waals surface area contributed by atoms with Crippen LogP contribution in [0.1, 0.15) is 38.3 Å². The van der Waals surface area contributed by atoms with Gasteiger partial charge in [-0.05, 0) is 57.0 Å². The third kappa shape index (κ3) is 4.23. The molecule has 0 bridgehead atoms. The van der Waals surface area contributed by atoms with Gasteiger partial charge in [-0.3, -0.25) is 4.90 Å². The predicted octanol–water partition coefficient (Wildman–Crippen LogP) is 3.45. The number of fused-ring (bicyclic) bond motifs is 1. The Balaban J connectivity index is 1.39. The van der Waals surface area contributed by atoms with E-state index in [2.05, 4.69) is 59.6 Å². The Morgan fingerprint density at radius 3 is 2.53 bits per heavy atom. The molecule has 0 spiro atoms. The van der Waals surface area contributed by atoms with Crippen LogP contribution in [0.3, 0.4) is 0 Å². The van der Waals surface area contributed by atoms with Gasteiger partial charge in [-0.15, -0.1) is 0 Å². The number of hydrogen-bond acceptors (Lipinski definition) is 8. The first-order valence-electron chi connectivity index (χ1n) is 13.4. The summed E-state index contributed by atoms with van der Waals surface area (Å²) in [6, 6.07) is 6.79. The molecule has 1 aromatic carbocycles. The van der Waals surface area contributed by atoms with E-state index in [0.29, 0.717) is 44.8 Å². The number of hydrogen-bond donors (Lipinski definition) is 0. The lowest BCUT2D eigenvalue weighted by Gasteiger charge is -2.47. The maximum absolute atomic E-state index is 15.9. The fourth-order valence-corrected chi connectivity index (χ4v) is 6.11. The highest BCUT2D eigenvalue weighted by Gasteiger charge is 2.44. The summed E-state index contributed by atoms with van der Waals surface area (Å²) in [7, 11) is 1.57. The molecule has 6 rings (SSSR count). The zero-order valence-corrected chi connectivity index (χ0v) is 22.9. The number of alkyl halides is 1. The summed E-state index contributed by atoms with van der Waals surface area (Å²) >= 11 is 0. The van der Waals surface area contributed by atoms with Crippen LogP contribution in [0, 0.1) is 6.92 Å². The van der Waals surface area contributed by atoms with Gasteiger partial charge in [0.15, 0.2) is 5.82 Å². The first kappa shape index (κ1) is 25.5. The minimum atomic E-state index is -0.973. The Bertz CT molecular complexity index is 1340. The topological polar surface area (TPSA) is 77.8 Å². The van der Waals surface area contributed by atoms with E-state index >= 15 is 4.39 Å². The Labute approximate surface area is 222 Å². The second-order valence-electron chi connectivity index (χ2n) is 11.7. The van der Waals surface area contributed by atoms with Crippen LogP contribution in [-0.2, 0) is 14.9 Å². The van der Waals surface area contributed by atoms with E-state index in [-0.39, 0.29) is 11.5 Å². The van der Waals surface area contributed by atoms with Crippen molar-refractivity contribution in [2.24, 2.45) is 0 Å². The zero-order valence-electron chi connectivity index (χ0n) is 22.9. The minimum Gasteiger partial charge on any atom is -0.467 e. The summed E-state index contributed by atoms with van der Waals surface area (Å²) < 4.78 is 34.3. The predicted molar refractivity (Wildman–Crippen MR) is 143 cm³/mol. The van der Waals surface area contributed by atoms with Crippen molar-refractivity contribution in [1.82, 2.24) is 24.6 Å². The van der Waals surface area contributed by atoms with Crippen LogP contribution < -0.4 is 9.64 Å². The van der Waals surface area contributed by atoms with E-state index < -0.39 is 11.6 Å². The number of morpholine rings is 1. The molecule has 38 heavy (non-hydrogen) atoms. The number of likely N-dealkylation sites (tertiary alicyclic amines) is 1. The fourth-order valence-electron chi connectivity index (χ4n) is 6.11. The van der Waals surface area contributed by atoms with Gasteiger partial charge in [-0.1, -0.05) is 6.92 Å². The number of halogens is 1. The third-order valence-electron chi connectivity index (χ3n) is 8.67. The van der Waals surface area contributed by atoms with Gasteiger partial charge in [0.25, 0.3) is 0 Å². The van der Waals surface area contributed by atoms with Crippen LogP contribution in [0.5, 0.6) is 6.01 Å². The Kier molecular flexibility index (Phi) is 6.32. The largest absolute Gasteiger partial charge is 0.467 e. The zero-order chi connectivity index (χ0) is 26.7. The molecule has 3 aromatic rings. The Morgan fingerprint density at radius 2 is 1.84 bits per heavy atom. The number of anilines is 1. The first-order chi connectivity index (χ1) is 18.2. The standard InChI is InChI=1S/C28H37FN6O3/c1-18-10-19-13-30-35(25-12-24(31-26(32-25)36-5)34-8-9-37-17-27(34,2)3)22(19)11-21(18)28(4)6-7-33(14-23(28)29)20-15-38-16-20/h10-13,20,23H,6-9,14-17H2,1-5H3. The number of rotatable bonds is 5. The van der Waals surface area contributed by atoms with E-state index in [0.717, 1.165) is 47.4 Å². The smallest absolute Gasteiger partial charge is 0.320 e. The van der Waals surface area contributed by atoms with Gasteiger partial charge in [0, 0.05) is 30.0 Å². The van der Waals surface area contributed by atoms with Gasteiger partial charge in [0.2, 0.25) is 0 Å². The van der Waals surface area contributed by atoms with Crippen molar-refractivity contribution in [2.45, 2.75) is 57.3 Å². The summed E-state index contributed by atoms with van der Waals surface area (Å²) in [5.74, 6) is 1.37. The van der Waals surface area contributed by atoms with Gasteiger partial charge >= 0.3 is 6.01 Å². The molecule has 2 unspecified atom stereocenters. The van der Waals surface area contributed by atoms with Crippen molar-refractivity contribution in [3.63, 3.8) is 0 Å². The molecule has 5 heterocycles. The lowest BCUT2D eigenvalue weighted by Crippen LogP contribution is -2.58. The van der Waals surface area contributed by atoms with E-state index in [4.69, 9.17) is 19.3 Å². The van der Waals surface area contributed by atoms with Crippen LogP contribution in [-0.4, -0.2) is 95.6 Å². The molecule has 0 amide bonds. The molecule has 2 aromatic heterocycles. The van der Waals surface area contributed by atoms with Crippen molar-refractivity contribution < 1.29 is 18.6 Å². The van der Waals surface area contributed by atoms with Gasteiger partial charge in [-0.25, -0.2) is 9.07 Å². The number of benzene rings is 1. The summed E-state index contributed by atoms with van der Waals surface area (Å²) in [5.41, 5.74) is 2.19. The molecule has 9 nitrogen and oxygen atoms in total. The highest BCUT2D eigenvalue weighted by molar-refractivity contribution is 5.82. The number of piperidine rings is 1. The van der Waals surface area contributed by atoms with Crippen molar-refractivity contribution in [1.29, 1.82) is 0 Å². The molecular weight excluding hydrogens is 487 g/mol. The quantitative estimate of drug-likeness (QED) is 0.502. The highest BCUT2D eigenvalue weighted by atomic mass is 19.1. The molecule has 3 aliphatic rings. The second kappa shape index (κ2) is 9.43. The Hall–Kier alpha value is -2.82. The maximum Gasteiger partial charge on any atom is 0.320 e. The van der Waals surface area contributed by atoms with E-state index in [1.165, 1.54) is 0 Å². The van der Waals surface area contributed by atoms with Crippen LogP contribution in [0.25, 0.3) is 16.7 Å². The number of methoxy groups -OCH3 is 1. The minimum absolute atomic E-state index is 0.226. The molecule has 204 valence electrons. The van der Waals surface area contributed by atoms with Crippen molar-refractivity contribution in [3.05, 3.63) is 35.5 Å². The summed E-state index contributed by atoms with van der Waals surface area (Å²) in [4.78, 5) is 13.8. The average Bonchev–Trinajstić information content (AvgIpc) is 3.27. The normalized spacial score (nSPS) is 26.5. The molecule has 0 N–H and O–H groups in total. The number of ether oxygens (including phenoxy) is 3. The van der Waals surface area contributed by atoms with Crippen LogP contribution in [0.4, 0.5) is 10.2 Å². The fraction of sp³-hybridized carbons (Fsp3) is 0.607. The maximum atomic E-state index is 15.9. The van der Waals surface area contributed by atoms with Gasteiger partial charge in [0.1, 0.15) is 12.0 Å². The van der Waals surface area contributed by atoms with Crippen LogP contribution in [0.2, 0.25) is 0 Å². The van der Waals surface area contributed by atoms with Gasteiger partial charge in [0.05, 0.1) is 56.8 Å². The van der Waals surface area contributed by atoms with E-state index in [1.807, 2.05) is 16.9 Å². The molecule has 10 heteroatoms. The summed E-state index contributed by atoms with van der Waals surface area (Å²) in [5, 5.41) is 5.68. The first-order valence-corrected chi connectivity index (χ1v) is 13.4. The summed E-state index contributed by atoms with van der Waals surface area (Å²) in [6.45, 7) is 13.1. The molecule has 0 saturated carbocycles. The van der Waals surface area contributed by atoms with E-state index in [9.17, 15) is 0 Å². The lowest BCUT2D eigenvalue weighted by atomic mass is 9.71. The highest BCUT2D eigenvalue weighted by Crippen LogP contribution is 2.41. The third-order valence-corrected chi connectivity index (χ3v) is 8.67. The Morgan fingerprint density at radius 1 is 1.05 bits per heavy atom. The second-order valence-corrected chi connectivity index (χ2v) is 11.7. The van der Waals surface area contributed by atoms with Crippen LogP contribution in [0.15, 0.2) is 24.4 Å². The number of aryl methyl sites for hydroxylation is 1. The molecule has 3 saturated heterocycles. The van der Waals surface area contributed by atoms with Crippen molar-refractivity contribution in [3.8, 4) is 11.8 Å². The van der Waals surface area contributed by atoms with Crippen LogP contribution >= 0.6 is 0 Å². The monoisotopic (exact) mass is 524 g/mol. The molecule has 3 aliphatic heterocycles. The molecule has 3 fully saturated rings. The van der Waals surface area contributed by atoms with Crippen molar-refractivity contribution >= 4 is 16.7 Å². The van der Waals surface area contributed by atoms with Gasteiger partial charge < -0.3 is 19.1 Å². The van der Waals surface area contributed by atoms with E-state index in [1.54, 1.807) is 7.11 Å². The SMILES string of the molecule is COc1nc(N2CCOCC2(C)C)cc(-n2ncc3cc(C)c(C4(C)CCN(C5COC5)CC4F)cc32)n1. The summed E-state index contributed by atoms with van der Waals surface area (Å²) in [6.07, 6.45) is 1.62. The molecule has 0 radical (unpaired) electrons. The average molecular weight is 525 g/mol.